The zero-order chi connectivity index (χ0) is 12.1. The van der Waals surface area contributed by atoms with Crippen molar-refractivity contribution in [3.8, 4) is 11.5 Å². The third-order valence-electron chi connectivity index (χ3n) is 2.12. The smallest absolute Gasteiger partial charge is 0.208 e. The Morgan fingerprint density at radius 2 is 1.94 bits per heavy atom. The first kappa shape index (κ1) is 12.8. The maximum Gasteiger partial charge on any atom is 0.208 e. The fraction of sp³-hybridized carbons (Fsp3) is 0.400. The average Bonchev–Trinajstić information content (AvgIpc) is 2.26. The Kier molecular flexibility index (Phi) is 4.54. The second-order valence-electron chi connectivity index (χ2n) is 3.08. The van der Waals surface area contributed by atoms with E-state index in [1.54, 1.807) is 12.1 Å². The summed E-state index contributed by atoms with van der Waals surface area (Å²) < 4.78 is 11.1. The Balaban J connectivity index is 3.04. The standard InChI is InChI=1S/C10H12BrNO4/c1-15-9-7(5-6-12(13)14)3-4-8(11)10(9)16-2/h3-4H,5-6H2,1-2H3. The van der Waals surface area contributed by atoms with Crippen LogP contribution in [-0.4, -0.2) is 25.7 Å². The summed E-state index contributed by atoms with van der Waals surface area (Å²) in [6, 6.07) is 3.57. The monoisotopic (exact) mass is 289 g/mol. The van der Waals surface area contributed by atoms with Crippen LogP contribution in [0.2, 0.25) is 0 Å². The summed E-state index contributed by atoms with van der Waals surface area (Å²) in [4.78, 5) is 9.96. The van der Waals surface area contributed by atoms with E-state index in [9.17, 15) is 10.1 Å². The Morgan fingerprint density at radius 1 is 1.31 bits per heavy atom. The minimum absolute atomic E-state index is 0.124. The van der Waals surface area contributed by atoms with E-state index >= 15 is 0 Å². The number of methoxy groups -OCH3 is 2. The second kappa shape index (κ2) is 5.69. The summed E-state index contributed by atoms with van der Waals surface area (Å²) in [5, 5.41) is 10.3. The molecule has 0 amide bonds. The van der Waals surface area contributed by atoms with Crippen molar-refractivity contribution in [2.45, 2.75) is 6.42 Å². The van der Waals surface area contributed by atoms with Crippen molar-refractivity contribution >= 4 is 15.9 Å². The van der Waals surface area contributed by atoms with Crippen molar-refractivity contribution in [3.63, 3.8) is 0 Å². The molecular weight excluding hydrogens is 278 g/mol. The molecule has 0 atom stereocenters. The summed E-state index contributed by atoms with van der Waals surface area (Å²) >= 11 is 3.32. The van der Waals surface area contributed by atoms with Gasteiger partial charge in [0.1, 0.15) is 0 Å². The molecule has 0 saturated carbocycles. The normalized spacial score (nSPS) is 9.94. The van der Waals surface area contributed by atoms with Gasteiger partial charge in [-0.25, -0.2) is 0 Å². The molecule has 0 radical (unpaired) electrons. The van der Waals surface area contributed by atoms with E-state index in [-0.39, 0.29) is 11.5 Å². The minimum Gasteiger partial charge on any atom is -0.493 e. The van der Waals surface area contributed by atoms with Crippen LogP contribution in [0, 0.1) is 10.1 Å². The molecule has 0 aliphatic carbocycles. The van der Waals surface area contributed by atoms with Gasteiger partial charge in [0.25, 0.3) is 0 Å². The zero-order valence-corrected chi connectivity index (χ0v) is 10.6. The molecule has 0 unspecified atom stereocenters. The van der Waals surface area contributed by atoms with E-state index in [0.29, 0.717) is 17.9 Å². The highest BCUT2D eigenvalue weighted by molar-refractivity contribution is 9.10. The van der Waals surface area contributed by atoms with Gasteiger partial charge in [0, 0.05) is 16.9 Å². The summed E-state index contributed by atoms with van der Waals surface area (Å²) in [5.41, 5.74) is 0.763. The van der Waals surface area contributed by atoms with Crippen LogP contribution in [0.25, 0.3) is 0 Å². The molecule has 0 N–H and O–H groups in total. The highest BCUT2D eigenvalue weighted by Gasteiger charge is 2.14. The molecule has 5 nitrogen and oxygen atoms in total. The number of halogens is 1. The van der Waals surface area contributed by atoms with Gasteiger partial charge in [-0.3, -0.25) is 10.1 Å². The first-order valence-corrected chi connectivity index (χ1v) is 5.40. The number of rotatable bonds is 5. The van der Waals surface area contributed by atoms with Crippen LogP contribution in [0.5, 0.6) is 11.5 Å². The van der Waals surface area contributed by atoms with Crippen LogP contribution < -0.4 is 9.47 Å². The lowest BCUT2D eigenvalue weighted by Crippen LogP contribution is -2.06. The number of benzene rings is 1. The molecule has 0 saturated heterocycles. The molecule has 0 aromatic heterocycles. The van der Waals surface area contributed by atoms with Crippen LogP contribution in [0.1, 0.15) is 5.56 Å². The molecule has 6 heteroatoms. The van der Waals surface area contributed by atoms with Crippen LogP contribution >= 0.6 is 15.9 Å². The summed E-state index contributed by atoms with van der Waals surface area (Å²) in [5.74, 6) is 1.10. The molecule has 88 valence electrons. The van der Waals surface area contributed by atoms with E-state index in [1.807, 2.05) is 0 Å². The largest absolute Gasteiger partial charge is 0.493 e. The average molecular weight is 290 g/mol. The number of ether oxygens (including phenoxy) is 2. The molecule has 1 rings (SSSR count). The van der Waals surface area contributed by atoms with Gasteiger partial charge in [0.15, 0.2) is 11.5 Å². The zero-order valence-electron chi connectivity index (χ0n) is 9.03. The van der Waals surface area contributed by atoms with Crippen LogP contribution in [0.3, 0.4) is 0 Å². The van der Waals surface area contributed by atoms with Gasteiger partial charge in [0.2, 0.25) is 6.54 Å². The van der Waals surface area contributed by atoms with E-state index in [0.717, 1.165) is 10.0 Å². The van der Waals surface area contributed by atoms with Gasteiger partial charge in [-0.1, -0.05) is 6.07 Å². The van der Waals surface area contributed by atoms with Crippen molar-refractivity contribution in [3.05, 3.63) is 32.3 Å². The number of hydrogen-bond acceptors (Lipinski definition) is 4. The lowest BCUT2D eigenvalue weighted by atomic mass is 10.1. The lowest BCUT2D eigenvalue weighted by molar-refractivity contribution is -0.479. The number of nitro groups is 1. The van der Waals surface area contributed by atoms with Gasteiger partial charge in [-0.05, 0) is 22.0 Å². The quantitative estimate of drug-likeness (QED) is 0.616. The van der Waals surface area contributed by atoms with Crippen molar-refractivity contribution < 1.29 is 14.4 Å². The fourth-order valence-electron chi connectivity index (χ4n) is 1.40. The minimum atomic E-state index is -0.353. The van der Waals surface area contributed by atoms with Crippen molar-refractivity contribution in [1.82, 2.24) is 0 Å². The molecule has 0 heterocycles. The third-order valence-corrected chi connectivity index (χ3v) is 2.74. The van der Waals surface area contributed by atoms with Crippen LogP contribution in [-0.2, 0) is 6.42 Å². The maximum absolute atomic E-state index is 10.3. The van der Waals surface area contributed by atoms with E-state index in [4.69, 9.17) is 9.47 Å². The van der Waals surface area contributed by atoms with Crippen molar-refractivity contribution in [2.75, 3.05) is 20.8 Å². The predicted octanol–water partition coefficient (Wildman–Crippen LogP) is 2.29. The van der Waals surface area contributed by atoms with Gasteiger partial charge in [0.05, 0.1) is 18.7 Å². The predicted molar refractivity (Wildman–Crippen MR) is 62.8 cm³/mol. The number of nitrogens with zero attached hydrogens (tertiary/aromatic N) is 1. The molecule has 0 aliphatic rings. The van der Waals surface area contributed by atoms with E-state index in [2.05, 4.69) is 15.9 Å². The van der Waals surface area contributed by atoms with Crippen LogP contribution in [0.4, 0.5) is 0 Å². The second-order valence-corrected chi connectivity index (χ2v) is 3.93. The maximum atomic E-state index is 10.3. The van der Waals surface area contributed by atoms with Crippen molar-refractivity contribution in [1.29, 1.82) is 0 Å². The Labute approximate surface area is 102 Å². The molecule has 1 aromatic rings. The highest BCUT2D eigenvalue weighted by Crippen LogP contribution is 2.38. The Hall–Kier alpha value is -1.30. The first-order valence-electron chi connectivity index (χ1n) is 4.61. The third kappa shape index (κ3) is 2.85. The summed E-state index contributed by atoms with van der Waals surface area (Å²) in [6.07, 6.45) is 0.319. The van der Waals surface area contributed by atoms with E-state index in [1.165, 1.54) is 14.2 Å². The Morgan fingerprint density at radius 3 is 2.44 bits per heavy atom. The SMILES string of the molecule is COc1c(Br)ccc(CC[N+](=O)[O-])c1OC. The molecule has 0 aliphatic heterocycles. The molecule has 0 bridgehead atoms. The summed E-state index contributed by atoms with van der Waals surface area (Å²) in [7, 11) is 3.04. The fourth-order valence-corrected chi connectivity index (χ4v) is 1.88. The molecule has 1 aromatic carbocycles. The first-order chi connectivity index (χ1) is 7.60. The molecule has 16 heavy (non-hydrogen) atoms. The number of hydrogen-bond donors (Lipinski definition) is 0. The van der Waals surface area contributed by atoms with Gasteiger partial charge < -0.3 is 9.47 Å². The summed E-state index contributed by atoms with van der Waals surface area (Å²) in [6.45, 7) is -0.124. The lowest BCUT2D eigenvalue weighted by Gasteiger charge is -2.13. The molecular formula is C10H12BrNO4. The van der Waals surface area contributed by atoms with E-state index < -0.39 is 0 Å². The van der Waals surface area contributed by atoms with Gasteiger partial charge in [-0.15, -0.1) is 0 Å². The van der Waals surface area contributed by atoms with Gasteiger partial charge >= 0.3 is 0 Å². The van der Waals surface area contributed by atoms with Gasteiger partial charge in [-0.2, -0.15) is 0 Å². The Bertz CT molecular complexity index is 395. The molecule has 0 fully saturated rings. The molecule has 0 spiro atoms. The topological polar surface area (TPSA) is 61.6 Å². The van der Waals surface area contributed by atoms with Crippen molar-refractivity contribution in [2.24, 2.45) is 0 Å². The van der Waals surface area contributed by atoms with Crippen LogP contribution in [0.15, 0.2) is 16.6 Å². The highest BCUT2D eigenvalue weighted by atomic mass is 79.9.